The molecule has 27 heavy (non-hydrogen) atoms. The number of aromatic nitrogens is 2. The van der Waals surface area contributed by atoms with E-state index in [0.717, 1.165) is 16.9 Å². The van der Waals surface area contributed by atoms with Crippen LogP contribution in [0.2, 0.25) is 5.02 Å². The van der Waals surface area contributed by atoms with E-state index in [1.807, 2.05) is 31.2 Å². The highest BCUT2D eigenvalue weighted by atomic mass is 35.5. The quantitative estimate of drug-likeness (QED) is 0.644. The number of hydrogen-bond donors (Lipinski definition) is 1. The van der Waals surface area contributed by atoms with Crippen molar-refractivity contribution >= 4 is 35.1 Å². The van der Waals surface area contributed by atoms with E-state index < -0.39 is 0 Å². The molecule has 0 aliphatic carbocycles. The molecule has 0 saturated carbocycles. The molecule has 4 rings (SSSR count). The Morgan fingerprint density at radius 1 is 1.19 bits per heavy atom. The molecular weight excluding hydrogens is 378 g/mol. The molecule has 0 radical (unpaired) electrons. The summed E-state index contributed by atoms with van der Waals surface area (Å²) < 4.78 is 1.76. The molecule has 1 atom stereocenters. The third-order valence-electron chi connectivity index (χ3n) is 4.81. The Labute approximate surface area is 167 Å². The maximum absolute atomic E-state index is 12.4. The van der Waals surface area contributed by atoms with Gasteiger partial charge in [-0.15, -0.1) is 11.8 Å². The van der Waals surface area contributed by atoms with Crippen LogP contribution in [0.15, 0.2) is 42.5 Å². The van der Waals surface area contributed by atoms with Gasteiger partial charge in [-0.1, -0.05) is 47.5 Å². The van der Waals surface area contributed by atoms with Gasteiger partial charge in [0.15, 0.2) is 0 Å². The Kier molecular flexibility index (Phi) is 4.74. The molecule has 1 aromatic heterocycles. The average molecular weight is 398 g/mol. The Bertz CT molecular complexity index is 1040. The summed E-state index contributed by atoms with van der Waals surface area (Å²) in [6.07, 6.45) is 0. The zero-order chi connectivity index (χ0) is 19.1. The van der Waals surface area contributed by atoms with Gasteiger partial charge in [-0.25, -0.2) is 4.68 Å². The van der Waals surface area contributed by atoms with Crippen LogP contribution in [0.3, 0.4) is 0 Å². The molecule has 0 spiro atoms. The van der Waals surface area contributed by atoms with Crippen molar-refractivity contribution in [3.05, 3.63) is 75.4 Å². The van der Waals surface area contributed by atoms with Crippen molar-refractivity contribution < 1.29 is 4.79 Å². The van der Waals surface area contributed by atoms with Gasteiger partial charge in [-0.3, -0.25) is 4.79 Å². The maximum atomic E-state index is 12.4. The topological polar surface area (TPSA) is 46.9 Å². The van der Waals surface area contributed by atoms with Crippen LogP contribution >= 0.6 is 23.4 Å². The molecule has 1 N–H and O–H groups in total. The Morgan fingerprint density at radius 3 is 2.74 bits per heavy atom. The van der Waals surface area contributed by atoms with Crippen molar-refractivity contribution in [1.29, 1.82) is 0 Å². The molecule has 138 valence electrons. The van der Waals surface area contributed by atoms with E-state index in [2.05, 4.69) is 37.4 Å². The second-order valence-corrected chi connectivity index (χ2v) is 8.31. The number of aryl methyl sites for hydroxylation is 3. The summed E-state index contributed by atoms with van der Waals surface area (Å²) in [6, 6.07) is 14.0. The van der Waals surface area contributed by atoms with E-state index in [4.69, 9.17) is 16.7 Å². The fourth-order valence-corrected chi connectivity index (χ4v) is 4.96. The smallest absolute Gasteiger partial charge is 0.235 e. The van der Waals surface area contributed by atoms with Crippen molar-refractivity contribution in [2.75, 3.05) is 11.1 Å². The van der Waals surface area contributed by atoms with Crippen molar-refractivity contribution in [3.63, 3.8) is 0 Å². The van der Waals surface area contributed by atoms with E-state index in [0.29, 0.717) is 16.6 Å². The van der Waals surface area contributed by atoms with E-state index in [1.54, 1.807) is 16.4 Å². The minimum Gasteiger partial charge on any atom is -0.310 e. The molecule has 0 unspecified atom stereocenters. The summed E-state index contributed by atoms with van der Waals surface area (Å²) in [5.74, 6) is 1.08. The van der Waals surface area contributed by atoms with Gasteiger partial charge in [0.25, 0.3) is 0 Å². The lowest BCUT2D eigenvalue weighted by molar-refractivity contribution is -0.113. The van der Waals surface area contributed by atoms with E-state index in [1.165, 1.54) is 16.7 Å². The molecule has 0 fully saturated rings. The number of anilines is 1. The Balaban J connectivity index is 1.95. The van der Waals surface area contributed by atoms with Crippen molar-refractivity contribution in [3.8, 4) is 5.69 Å². The molecule has 0 saturated heterocycles. The molecule has 0 bridgehead atoms. The van der Waals surface area contributed by atoms with Crippen molar-refractivity contribution in [2.45, 2.75) is 26.0 Å². The minimum absolute atomic E-state index is 0.0257. The first-order valence-electron chi connectivity index (χ1n) is 8.78. The third-order valence-corrected chi connectivity index (χ3v) is 6.38. The molecule has 1 aliphatic rings. The zero-order valence-electron chi connectivity index (χ0n) is 15.4. The van der Waals surface area contributed by atoms with Crippen molar-refractivity contribution in [2.24, 2.45) is 0 Å². The van der Waals surface area contributed by atoms with Crippen LogP contribution in [0.25, 0.3) is 5.69 Å². The number of nitrogens with zero attached hydrogens (tertiary/aromatic N) is 2. The summed E-state index contributed by atoms with van der Waals surface area (Å²) in [6.45, 7) is 6.19. The summed E-state index contributed by atoms with van der Waals surface area (Å²) in [5.41, 5.74) is 6.33. The molecule has 4 nitrogen and oxygen atoms in total. The number of rotatable bonds is 2. The average Bonchev–Trinajstić information content (AvgIpc) is 2.84. The number of hydrogen-bond acceptors (Lipinski definition) is 3. The van der Waals surface area contributed by atoms with Gasteiger partial charge in [-0.05, 0) is 44.0 Å². The van der Waals surface area contributed by atoms with E-state index >= 15 is 0 Å². The summed E-state index contributed by atoms with van der Waals surface area (Å²) in [4.78, 5) is 12.4. The molecule has 3 aromatic rings. The van der Waals surface area contributed by atoms with E-state index in [-0.39, 0.29) is 11.2 Å². The van der Waals surface area contributed by atoms with E-state index in [9.17, 15) is 4.79 Å². The fraction of sp³-hybridized carbons (Fsp3) is 0.238. The van der Waals surface area contributed by atoms with Crippen LogP contribution in [-0.4, -0.2) is 21.4 Å². The zero-order valence-corrected chi connectivity index (χ0v) is 17.0. The first kappa shape index (κ1) is 18.1. The highest BCUT2D eigenvalue weighted by Gasteiger charge is 2.31. The number of fused-ring (bicyclic) bond motifs is 1. The number of thioether (sulfide) groups is 1. The Hall–Kier alpha value is -2.24. The van der Waals surface area contributed by atoms with Crippen LogP contribution in [0.1, 0.15) is 33.2 Å². The molecule has 1 amide bonds. The monoisotopic (exact) mass is 397 g/mol. The largest absolute Gasteiger partial charge is 0.310 e. The normalized spacial score (nSPS) is 16.6. The molecule has 2 aromatic carbocycles. The lowest BCUT2D eigenvalue weighted by Crippen LogP contribution is -2.16. The number of benzene rings is 2. The summed E-state index contributed by atoms with van der Waals surface area (Å²) >= 11 is 8.05. The molecule has 6 heteroatoms. The van der Waals surface area contributed by atoms with Gasteiger partial charge in [0.05, 0.1) is 27.4 Å². The SMILES string of the molecule is Cc1ccc(C)c([C@@H]2SCC(=O)Nc3c2c(C)nn3-c2ccccc2Cl)c1. The third kappa shape index (κ3) is 3.26. The summed E-state index contributed by atoms with van der Waals surface area (Å²) in [7, 11) is 0. The molecular formula is C21H20ClN3OS. The second kappa shape index (κ2) is 7.06. The van der Waals surface area contributed by atoms with Gasteiger partial charge in [0.1, 0.15) is 5.82 Å². The minimum atomic E-state index is -0.0257. The fourth-order valence-electron chi connectivity index (χ4n) is 3.47. The number of nitrogens with one attached hydrogen (secondary N) is 1. The number of halogens is 1. The Morgan fingerprint density at radius 2 is 1.96 bits per heavy atom. The van der Waals surface area contributed by atoms with Gasteiger partial charge < -0.3 is 5.32 Å². The van der Waals surface area contributed by atoms with Gasteiger partial charge in [0, 0.05) is 5.56 Å². The summed E-state index contributed by atoms with van der Waals surface area (Å²) in [5, 5.41) is 8.42. The lowest BCUT2D eigenvalue weighted by Gasteiger charge is -2.18. The van der Waals surface area contributed by atoms with Gasteiger partial charge >= 0.3 is 0 Å². The van der Waals surface area contributed by atoms with Crippen LogP contribution in [0.4, 0.5) is 5.82 Å². The van der Waals surface area contributed by atoms with Crippen LogP contribution < -0.4 is 5.32 Å². The van der Waals surface area contributed by atoms with Crippen LogP contribution in [-0.2, 0) is 4.79 Å². The molecule has 1 aliphatic heterocycles. The predicted octanol–water partition coefficient (Wildman–Crippen LogP) is 5.23. The van der Waals surface area contributed by atoms with Gasteiger partial charge in [-0.2, -0.15) is 5.10 Å². The highest BCUT2D eigenvalue weighted by Crippen LogP contribution is 2.45. The number of amides is 1. The maximum Gasteiger partial charge on any atom is 0.235 e. The van der Waals surface area contributed by atoms with Crippen LogP contribution in [0.5, 0.6) is 0 Å². The predicted molar refractivity (Wildman–Crippen MR) is 112 cm³/mol. The first-order valence-corrected chi connectivity index (χ1v) is 10.2. The standard InChI is InChI=1S/C21H20ClN3OS/c1-12-8-9-13(2)15(10-12)20-19-14(3)24-25(17-7-5-4-6-16(17)22)21(19)23-18(26)11-27-20/h4-10,20H,11H2,1-3H3,(H,23,26)/t20-/m0/s1. The van der Waals surface area contributed by atoms with Gasteiger partial charge in [0.2, 0.25) is 5.91 Å². The van der Waals surface area contributed by atoms with Crippen molar-refractivity contribution in [1.82, 2.24) is 9.78 Å². The number of carbonyl (C=O) groups excluding carboxylic acids is 1. The van der Waals surface area contributed by atoms with Crippen LogP contribution in [0, 0.1) is 20.8 Å². The lowest BCUT2D eigenvalue weighted by atomic mass is 9.98. The first-order chi connectivity index (χ1) is 13.0. The highest BCUT2D eigenvalue weighted by molar-refractivity contribution is 8.00. The molecule has 2 heterocycles. The second-order valence-electron chi connectivity index (χ2n) is 6.81. The number of carbonyl (C=O) groups is 1. The number of para-hydroxylation sites is 1.